The SMILES string of the molecule is COCCCOCCC(=O)Nc1ccc(F)c(N)c1. The standard InChI is InChI=1S/C13H19FN2O3/c1-18-6-2-7-19-8-5-13(17)16-10-3-4-11(14)12(15)9-10/h3-4,9H,2,5-8,15H2,1H3,(H,16,17). The summed E-state index contributed by atoms with van der Waals surface area (Å²) in [7, 11) is 1.63. The molecule has 0 aliphatic rings. The van der Waals surface area contributed by atoms with Crippen molar-refractivity contribution < 1.29 is 18.7 Å². The fraction of sp³-hybridized carbons (Fsp3) is 0.462. The third-order valence-electron chi connectivity index (χ3n) is 2.39. The van der Waals surface area contributed by atoms with Crippen LogP contribution in [0.2, 0.25) is 0 Å². The zero-order valence-corrected chi connectivity index (χ0v) is 10.9. The molecule has 0 saturated heterocycles. The number of methoxy groups -OCH3 is 1. The highest BCUT2D eigenvalue weighted by Gasteiger charge is 2.04. The van der Waals surface area contributed by atoms with Crippen LogP contribution in [0.25, 0.3) is 0 Å². The molecule has 19 heavy (non-hydrogen) atoms. The van der Waals surface area contributed by atoms with E-state index in [1.807, 2.05) is 0 Å². The molecule has 0 heterocycles. The van der Waals surface area contributed by atoms with Crippen LogP contribution in [0, 0.1) is 5.82 Å². The molecule has 0 aromatic heterocycles. The topological polar surface area (TPSA) is 73.6 Å². The molecule has 0 aliphatic heterocycles. The number of halogens is 1. The number of anilines is 2. The number of benzene rings is 1. The summed E-state index contributed by atoms with van der Waals surface area (Å²) in [5.74, 6) is -0.697. The smallest absolute Gasteiger partial charge is 0.226 e. The molecule has 1 aromatic carbocycles. The molecule has 1 aromatic rings. The summed E-state index contributed by atoms with van der Waals surface area (Å²) in [6.45, 7) is 1.54. The maximum Gasteiger partial charge on any atom is 0.226 e. The largest absolute Gasteiger partial charge is 0.396 e. The summed E-state index contributed by atoms with van der Waals surface area (Å²) < 4.78 is 23.0. The Morgan fingerprint density at radius 3 is 2.84 bits per heavy atom. The third-order valence-corrected chi connectivity index (χ3v) is 2.39. The first-order valence-electron chi connectivity index (χ1n) is 6.05. The second kappa shape index (κ2) is 8.44. The Balaban J connectivity index is 2.21. The van der Waals surface area contributed by atoms with Gasteiger partial charge in [0.15, 0.2) is 0 Å². The minimum absolute atomic E-state index is 0.00798. The number of nitrogens with two attached hydrogens (primary N) is 1. The number of hydrogen-bond acceptors (Lipinski definition) is 4. The molecule has 0 unspecified atom stereocenters. The molecule has 6 heteroatoms. The van der Waals surface area contributed by atoms with Gasteiger partial charge in [0, 0.05) is 26.0 Å². The number of nitrogens with one attached hydrogen (secondary N) is 1. The summed E-state index contributed by atoms with van der Waals surface area (Å²) in [6.07, 6.45) is 1.04. The summed E-state index contributed by atoms with van der Waals surface area (Å²) in [5, 5.41) is 2.62. The van der Waals surface area contributed by atoms with E-state index in [0.717, 1.165) is 6.42 Å². The van der Waals surface area contributed by atoms with Gasteiger partial charge in [0.05, 0.1) is 18.7 Å². The molecule has 3 N–H and O–H groups in total. The fourth-order valence-corrected chi connectivity index (χ4v) is 1.42. The number of carbonyl (C=O) groups is 1. The quantitative estimate of drug-likeness (QED) is 0.558. The van der Waals surface area contributed by atoms with E-state index in [-0.39, 0.29) is 18.0 Å². The molecule has 5 nitrogen and oxygen atoms in total. The van der Waals surface area contributed by atoms with Crippen LogP contribution in [0.5, 0.6) is 0 Å². The Kier molecular flexibility index (Phi) is 6.84. The first kappa shape index (κ1) is 15.4. The Bertz CT molecular complexity index is 413. The van der Waals surface area contributed by atoms with Gasteiger partial charge in [-0.2, -0.15) is 0 Å². The third kappa shape index (κ3) is 6.17. The van der Waals surface area contributed by atoms with Crippen molar-refractivity contribution in [2.75, 3.05) is 38.0 Å². The van der Waals surface area contributed by atoms with Crippen LogP contribution in [0.15, 0.2) is 18.2 Å². The number of nitrogen functional groups attached to an aromatic ring is 1. The lowest BCUT2D eigenvalue weighted by atomic mass is 10.2. The van der Waals surface area contributed by atoms with Gasteiger partial charge in [-0.3, -0.25) is 4.79 Å². The van der Waals surface area contributed by atoms with Crippen molar-refractivity contribution in [1.29, 1.82) is 0 Å². The van der Waals surface area contributed by atoms with E-state index in [1.54, 1.807) is 7.11 Å². The summed E-state index contributed by atoms with van der Waals surface area (Å²) >= 11 is 0. The van der Waals surface area contributed by atoms with Crippen molar-refractivity contribution >= 4 is 17.3 Å². The van der Waals surface area contributed by atoms with Crippen LogP contribution in [0.3, 0.4) is 0 Å². The van der Waals surface area contributed by atoms with E-state index < -0.39 is 5.82 Å². The van der Waals surface area contributed by atoms with Crippen LogP contribution in [-0.4, -0.2) is 32.8 Å². The molecule has 0 spiro atoms. The molecular formula is C13H19FN2O3. The molecule has 0 aliphatic carbocycles. The number of amides is 1. The number of ether oxygens (including phenoxy) is 2. The fourth-order valence-electron chi connectivity index (χ4n) is 1.42. The van der Waals surface area contributed by atoms with Gasteiger partial charge in [0.1, 0.15) is 5.82 Å². The molecular weight excluding hydrogens is 251 g/mol. The predicted octanol–water partition coefficient (Wildman–Crippen LogP) is 1.79. The maximum atomic E-state index is 12.9. The van der Waals surface area contributed by atoms with Crippen molar-refractivity contribution in [3.63, 3.8) is 0 Å². The monoisotopic (exact) mass is 270 g/mol. The number of carbonyl (C=O) groups excluding carboxylic acids is 1. The normalized spacial score (nSPS) is 10.4. The molecule has 106 valence electrons. The minimum atomic E-state index is -0.500. The van der Waals surface area contributed by atoms with E-state index >= 15 is 0 Å². The first-order chi connectivity index (χ1) is 9.13. The maximum absolute atomic E-state index is 12.9. The van der Waals surface area contributed by atoms with E-state index in [2.05, 4.69) is 5.32 Å². The van der Waals surface area contributed by atoms with Crippen LogP contribution in [0.1, 0.15) is 12.8 Å². The van der Waals surface area contributed by atoms with Crippen molar-refractivity contribution in [2.45, 2.75) is 12.8 Å². The highest BCUT2D eigenvalue weighted by atomic mass is 19.1. The highest BCUT2D eigenvalue weighted by Crippen LogP contribution is 2.16. The Morgan fingerprint density at radius 1 is 1.37 bits per heavy atom. The van der Waals surface area contributed by atoms with Gasteiger partial charge in [-0.05, 0) is 24.6 Å². The van der Waals surface area contributed by atoms with Crippen LogP contribution < -0.4 is 11.1 Å². The molecule has 1 amide bonds. The van der Waals surface area contributed by atoms with Gasteiger partial charge in [-0.15, -0.1) is 0 Å². The molecule has 0 saturated carbocycles. The zero-order chi connectivity index (χ0) is 14.1. The second-order valence-corrected chi connectivity index (χ2v) is 3.99. The number of rotatable bonds is 8. The average molecular weight is 270 g/mol. The minimum Gasteiger partial charge on any atom is -0.396 e. The van der Waals surface area contributed by atoms with Crippen LogP contribution >= 0.6 is 0 Å². The summed E-state index contributed by atoms with van der Waals surface area (Å²) in [4.78, 5) is 11.5. The van der Waals surface area contributed by atoms with Gasteiger partial charge < -0.3 is 20.5 Å². The second-order valence-electron chi connectivity index (χ2n) is 3.99. The van der Waals surface area contributed by atoms with Crippen molar-refractivity contribution in [3.8, 4) is 0 Å². The van der Waals surface area contributed by atoms with Gasteiger partial charge in [0.25, 0.3) is 0 Å². The van der Waals surface area contributed by atoms with Crippen LogP contribution in [0.4, 0.5) is 15.8 Å². The van der Waals surface area contributed by atoms with Gasteiger partial charge in [-0.1, -0.05) is 0 Å². The van der Waals surface area contributed by atoms with E-state index in [0.29, 0.717) is 25.5 Å². The first-order valence-corrected chi connectivity index (χ1v) is 6.05. The molecule has 0 atom stereocenters. The van der Waals surface area contributed by atoms with Crippen molar-refractivity contribution in [1.82, 2.24) is 0 Å². The van der Waals surface area contributed by atoms with E-state index in [1.165, 1.54) is 18.2 Å². The zero-order valence-electron chi connectivity index (χ0n) is 10.9. The van der Waals surface area contributed by atoms with Gasteiger partial charge >= 0.3 is 0 Å². The van der Waals surface area contributed by atoms with Gasteiger partial charge in [0.2, 0.25) is 5.91 Å². The van der Waals surface area contributed by atoms with Crippen molar-refractivity contribution in [2.24, 2.45) is 0 Å². The van der Waals surface area contributed by atoms with Gasteiger partial charge in [-0.25, -0.2) is 4.39 Å². The highest BCUT2D eigenvalue weighted by molar-refractivity contribution is 5.91. The lowest BCUT2D eigenvalue weighted by molar-refractivity contribution is -0.117. The molecule has 0 radical (unpaired) electrons. The summed E-state index contributed by atoms with van der Waals surface area (Å²) in [5.41, 5.74) is 5.88. The summed E-state index contributed by atoms with van der Waals surface area (Å²) in [6, 6.07) is 4.06. The lowest BCUT2D eigenvalue weighted by Crippen LogP contribution is -2.14. The van der Waals surface area contributed by atoms with E-state index in [9.17, 15) is 9.18 Å². The molecule has 1 rings (SSSR count). The lowest BCUT2D eigenvalue weighted by Gasteiger charge is -2.07. The van der Waals surface area contributed by atoms with E-state index in [4.69, 9.17) is 15.2 Å². The van der Waals surface area contributed by atoms with Crippen molar-refractivity contribution in [3.05, 3.63) is 24.0 Å². The molecule has 0 fully saturated rings. The number of hydrogen-bond donors (Lipinski definition) is 2. The Morgan fingerprint density at radius 2 is 2.16 bits per heavy atom. The Hall–Kier alpha value is -1.66. The predicted molar refractivity (Wildman–Crippen MR) is 71.4 cm³/mol. The Labute approximate surface area is 111 Å². The van der Waals surface area contributed by atoms with Crippen LogP contribution in [-0.2, 0) is 14.3 Å². The average Bonchev–Trinajstić information content (AvgIpc) is 2.38. The molecule has 0 bridgehead atoms.